The number of hydrogen-bond donors (Lipinski definition) is 2. The number of hydrogen-bond acceptors (Lipinski definition) is 6. The topological polar surface area (TPSA) is 88.1 Å². The standard InChI is InChI=1S/C23H34Cl2N2O5/c1-27(2)11-7-8-12-32-21-17(24)14-16(20(28)19(21)25)22(29)26-18(23(30)31-3)13-15-9-5-4-6-10-15/h4-6,9-10,16-21,28H,7-8,11-14H2,1-3H3,(H,26,29)/t16?,17?,18-,19?,20?,21?/m0/s1. The Hall–Kier alpha value is -1.38. The molecule has 1 aromatic carbocycles. The molecule has 1 aliphatic carbocycles. The van der Waals surface area contributed by atoms with Crippen molar-refractivity contribution in [3.8, 4) is 0 Å². The molecular formula is C23H34Cl2N2O5. The van der Waals surface area contributed by atoms with Crippen molar-refractivity contribution in [2.75, 3.05) is 34.4 Å². The summed E-state index contributed by atoms with van der Waals surface area (Å²) in [6.45, 7) is 1.44. The number of aliphatic hydroxyl groups excluding tert-OH is 1. The molecule has 1 saturated carbocycles. The van der Waals surface area contributed by atoms with Gasteiger partial charge in [-0.25, -0.2) is 4.79 Å². The van der Waals surface area contributed by atoms with Gasteiger partial charge in [-0.05, 0) is 45.5 Å². The number of carbonyl (C=O) groups excluding carboxylic acids is 2. The number of esters is 1. The van der Waals surface area contributed by atoms with E-state index in [1.807, 2.05) is 44.4 Å². The van der Waals surface area contributed by atoms with Gasteiger partial charge >= 0.3 is 5.97 Å². The normalized spacial score (nSPS) is 26.5. The third kappa shape index (κ3) is 7.89. The van der Waals surface area contributed by atoms with Gasteiger partial charge in [-0.15, -0.1) is 23.2 Å². The molecule has 0 radical (unpaired) electrons. The van der Waals surface area contributed by atoms with Crippen LogP contribution in [0.25, 0.3) is 0 Å². The molecule has 2 N–H and O–H groups in total. The number of halogens is 2. The zero-order chi connectivity index (χ0) is 23.7. The number of nitrogens with zero attached hydrogens (tertiary/aromatic N) is 1. The molecule has 1 aromatic rings. The molecule has 9 heteroatoms. The molecule has 1 fully saturated rings. The summed E-state index contributed by atoms with van der Waals surface area (Å²) >= 11 is 12.9. The highest BCUT2D eigenvalue weighted by molar-refractivity contribution is 6.25. The summed E-state index contributed by atoms with van der Waals surface area (Å²) in [7, 11) is 5.29. The van der Waals surface area contributed by atoms with Crippen LogP contribution in [-0.4, -0.2) is 85.2 Å². The third-order valence-corrected chi connectivity index (χ3v) is 6.55. The maximum Gasteiger partial charge on any atom is 0.328 e. The molecule has 7 nitrogen and oxygen atoms in total. The summed E-state index contributed by atoms with van der Waals surface area (Å²) in [5, 5.41) is 12.1. The van der Waals surface area contributed by atoms with Crippen LogP contribution in [0.2, 0.25) is 0 Å². The van der Waals surface area contributed by atoms with Gasteiger partial charge in [0.25, 0.3) is 0 Å². The highest BCUT2D eigenvalue weighted by Gasteiger charge is 2.46. The van der Waals surface area contributed by atoms with Gasteiger partial charge in [0, 0.05) is 13.0 Å². The molecule has 6 atom stereocenters. The molecule has 0 bridgehead atoms. The maximum absolute atomic E-state index is 12.9. The van der Waals surface area contributed by atoms with E-state index in [0.29, 0.717) is 6.61 Å². The smallest absolute Gasteiger partial charge is 0.328 e. The Balaban J connectivity index is 1.95. The van der Waals surface area contributed by atoms with Crippen LogP contribution in [0.4, 0.5) is 0 Å². The Bertz CT molecular complexity index is 722. The molecule has 1 amide bonds. The average molecular weight is 489 g/mol. The highest BCUT2D eigenvalue weighted by Crippen LogP contribution is 2.34. The number of methoxy groups -OCH3 is 1. The van der Waals surface area contributed by atoms with Gasteiger partial charge in [0.2, 0.25) is 5.91 Å². The lowest BCUT2D eigenvalue weighted by Crippen LogP contribution is -2.56. The van der Waals surface area contributed by atoms with Gasteiger partial charge in [0.1, 0.15) is 6.04 Å². The van der Waals surface area contributed by atoms with Crippen LogP contribution in [0, 0.1) is 5.92 Å². The molecule has 180 valence electrons. The Labute approximate surface area is 200 Å². The van der Waals surface area contributed by atoms with E-state index in [0.717, 1.165) is 24.9 Å². The van der Waals surface area contributed by atoms with Crippen LogP contribution in [-0.2, 0) is 25.5 Å². The monoisotopic (exact) mass is 488 g/mol. The number of amides is 1. The van der Waals surface area contributed by atoms with Crippen molar-refractivity contribution in [2.45, 2.75) is 54.7 Å². The van der Waals surface area contributed by atoms with E-state index in [-0.39, 0.29) is 12.8 Å². The van der Waals surface area contributed by atoms with Gasteiger partial charge in [0.05, 0.1) is 36.0 Å². The lowest BCUT2D eigenvalue weighted by molar-refractivity contribution is -0.147. The second-order valence-corrected chi connectivity index (χ2v) is 9.48. The van der Waals surface area contributed by atoms with Crippen molar-refractivity contribution in [3.63, 3.8) is 0 Å². The number of nitrogens with one attached hydrogen (secondary N) is 1. The summed E-state index contributed by atoms with van der Waals surface area (Å²) in [6.07, 6.45) is 0.589. The van der Waals surface area contributed by atoms with Gasteiger partial charge < -0.3 is 24.8 Å². The quantitative estimate of drug-likeness (QED) is 0.282. The van der Waals surface area contributed by atoms with Crippen LogP contribution in [0.1, 0.15) is 24.8 Å². The number of carbonyl (C=O) groups is 2. The predicted octanol–water partition coefficient (Wildman–Crippen LogP) is 2.21. The molecule has 32 heavy (non-hydrogen) atoms. The fourth-order valence-electron chi connectivity index (χ4n) is 3.80. The van der Waals surface area contributed by atoms with E-state index in [4.69, 9.17) is 32.7 Å². The second-order valence-electron chi connectivity index (χ2n) is 8.41. The Morgan fingerprint density at radius 2 is 1.91 bits per heavy atom. The summed E-state index contributed by atoms with van der Waals surface area (Å²) in [5.41, 5.74) is 0.876. The molecule has 0 spiro atoms. The van der Waals surface area contributed by atoms with Crippen molar-refractivity contribution < 1.29 is 24.2 Å². The first-order valence-corrected chi connectivity index (χ1v) is 11.8. The molecule has 2 rings (SSSR count). The molecular weight excluding hydrogens is 455 g/mol. The van der Waals surface area contributed by atoms with Crippen molar-refractivity contribution in [1.29, 1.82) is 0 Å². The average Bonchev–Trinajstić information content (AvgIpc) is 2.77. The van der Waals surface area contributed by atoms with Gasteiger partial charge in [-0.1, -0.05) is 30.3 Å². The third-order valence-electron chi connectivity index (χ3n) is 5.62. The van der Waals surface area contributed by atoms with E-state index < -0.39 is 46.8 Å². The maximum atomic E-state index is 12.9. The molecule has 0 saturated heterocycles. The second kappa shape index (κ2) is 13.4. The summed E-state index contributed by atoms with van der Waals surface area (Å²) in [4.78, 5) is 27.3. The minimum Gasteiger partial charge on any atom is -0.467 e. The molecule has 1 aliphatic rings. The van der Waals surface area contributed by atoms with Gasteiger partial charge in [-0.2, -0.15) is 0 Å². The SMILES string of the molecule is COC(=O)[C@H](Cc1ccccc1)NC(=O)C1CC(Cl)C(OCCCCN(C)C)C(Cl)C1O. The first-order valence-electron chi connectivity index (χ1n) is 10.9. The van der Waals surface area contributed by atoms with Crippen molar-refractivity contribution in [1.82, 2.24) is 10.2 Å². The van der Waals surface area contributed by atoms with Crippen molar-refractivity contribution in [3.05, 3.63) is 35.9 Å². The Morgan fingerprint density at radius 3 is 2.53 bits per heavy atom. The molecule has 5 unspecified atom stereocenters. The summed E-state index contributed by atoms with van der Waals surface area (Å²) in [5.74, 6) is -1.89. The number of ether oxygens (including phenoxy) is 2. The fourth-order valence-corrected chi connectivity index (χ4v) is 4.72. The first-order chi connectivity index (χ1) is 15.2. The van der Waals surface area contributed by atoms with E-state index in [1.165, 1.54) is 7.11 Å². The Kier molecular flexibility index (Phi) is 11.2. The lowest BCUT2D eigenvalue weighted by Gasteiger charge is -2.39. The summed E-state index contributed by atoms with van der Waals surface area (Å²) < 4.78 is 10.7. The zero-order valence-electron chi connectivity index (χ0n) is 18.9. The largest absolute Gasteiger partial charge is 0.467 e. The van der Waals surface area contributed by atoms with Crippen LogP contribution in [0.3, 0.4) is 0 Å². The minimum absolute atomic E-state index is 0.194. The molecule has 0 aromatic heterocycles. The number of unbranched alkanes of at least 4 members (excludes halogenated alkanes) is 1. The van der Waals surface area contributed by atoms with Crippen molar-refractivity contribution in [2.24, 2.45) is 5.92 Å². The summed E-state index contributed by atoms with van der Waals surface area (Å²) in [6, 6.07) is 8.43. The van der Waals surface area contributed by atoms with Gasteiger partial charge in [-0.3, -0.25) is 4.79 Å². The number of aliphatic hydroxyl groups is 1. The predicted molar refractivity (Wildman–Crippen MR) is 125 cm³/mol. The lowest BCUT2D eigenvalue weighted by atomic mass is 9.83. The van der Waals surface area contributed by atoms with E-state index in [9.17, 15) is 14.7 Å². The van der Waals surface area contributed by atoms with Crippen LogP contribution in [0.5, 0.6) is 0 Å². The van der Waals surface area contributed by atoms with E-state index in [1.54, 1.807) is 0 Å². The number of benzene rings is 1. The Morgan fingerprint density at radius 1 is 1.22 bits per heavy atom. The van der Waals surface area contributed by atoms with E-state index in [2.05, 4.69) is 10.2 Å². The van der Waals surface area contributed by atoms with Crippen LogP contribution in [0.15, 0.2) is 30.3 Å². The van der Waals surface area contributed by atoms with Crippen LogP contribution >= 0.6 is 23.2 Å². The minimum atomic E-state index is -1.14. The fraction of sp³-hybridized carbons (Fsp3) is 0.652. The van der Waals surface area contributed by atoms with Gasteiger partial charge in [0.15, 0.2) is 0 Å². The van der Waals surface area contributed by atoms with Crippen LogP contribution < -0.4 is 5.32 Å². The highest BCUT2D eigenvalue weighted by atomic mass is 35.5. The number of alkyl halides is 2. The number of rotatable bonds is 11. The molecule has 0 heterocycles. The molecule has 0 aliphatic heterocycles. The van der Waals surface area contributed by atoms with E-state index >= 15 is 0 Å². The first kappa shape index (κ1) is 26.9. The van der Waals surface area contributed by atoms with Crippen molar-refractivity contribution >= 4 is 35.1 Å². The zero-order valence-corrected chi connectivity index (χ0v) is 20.4.